The standard InChI is InChI=1S/C20H24N2O2.2H2O4S/c1-3-13-12-22-9-7-14(13)10-19(22)20(23)16-6-8-21-18-5-4-15(24-2)11-17(16)18;2*1-5(2,3)4/h3-6,8,11,13-14,19-20,23H,1,7,9-10,12H2,2H3;2*(H2,1,2,3,4)/t13-,14?,19-,20?;;/m1../s1. The van der Waals surface area contributed by atoms with Gasteiger partial charge in [0.15, 0.2) is 0 Å². The Morgan fingerprint density at radius 1 is 1.15 bits per heavy atom. The number of methoxy groups -OCH3 is 1. The summed E-state index contributed by atoms with van der Waals surface area (Å²) in [6.45, 7) is 6.07. The van der Waals surface area contributed by atoms with Crippen LogP contribution in [-0.2, 0) is 20.8 Å². The Balaban J connectivity index is 0.000000347. The zero-order valence-electron chi connectivity index (χ0n) is 18.3. The number of hydrogen-bond acceptors (Lipinski definition) is 8. The molecule has 0 amide bonds. The average Bonchev–Trinajstić information content (AvgIpc) is 2.75. The highest BCUT2D eigenvalue weighted by atomic mass is 32.3. The summed E-state index contributed by atoms with van der Waals surface area (Å²) in [4.78, 5) is 6.86. The summed E-state index contributed by atoms with van der Waals surface area (Å²) >= 11 is 0. The van der Waals surface area contributed by atoms with E-state index in [1.807, 2.05) is 24.3 Å². The van der Waals surface area contributed by atoms with Crippen molar-refractivity contribution in [3.05, 3.63) is 48.7 Å². The molecule has 5 rings (SSSR count). The highest BCUT2D eigenvalue weighted by Crippen LogP contribution is 2.42. The van der Waals surface area contributed by atoms with Gasteiger partial charge in [0.1, 0.15) is 5.75 Å². The molecule has 0 spiro atoms. The molecule has 1 aromatic carbocycles. The molecule has 14 heteroatoms. The van der Waals surface area contributed by atoms with Crippen molar-refractivity contribution in [3.8, 4) is 5.75 Å². The Morgan fingerprint density at radius 2 is 1.76 bits per heavy atom. The van der Waals surface area contributed by atoms with Crippen LogP contribution in [0.2, 0.25) is 0 Å². The van der Waals surface area contributed by atoms with Crippen molar-refractivity contribution in [1.82, 2.24) is 9.88 Å². The van der Waals surface area contributed by atoms with Gasteiger partial charge in [0.2, 0.25) is 0 Å². The minimum atomic E-state index is -4.67. The lowest BCUT2D eigenvalue weighted by molar-refractivity contribution is -0.0444. The van der Waals surface area contributed by atoms with Gasteiger partial charge in [0.25, 0.3) is 0 Å². The molecule has 3 aliphatic heterocycles. The van der Waals surface area contributed by atoms with Crippen molar-refractivity contribution in [2.75, 3.05) is 20.2 Å². The number of piperidine rings is 3. The lowest BCUT2D eigenvalue weighted by atomic mass is 9.73. The molecule has 12 nitrogen and oxygen atoms in total. The van der Waals surface area contributed by atoms with Crippen molar-refractivity contribution in [3.63, 3.8) is 0 Å². The molecule has 0 aliphatic carbocycles. The fourth-order valence-electron chi connectivity index (χ4n) is 4.44. The van der Waals surface area contributed by atoms with Crippen LogP contribution >= 0.6 is 0 Å². The Morgan fingerprint density at radius 3 is 2.26 bits per heavy atom. The molecule has 190 valence electrons. The Labute approximate surface area is 198 Å². The topological polar surface area (TPSA) is 195 Å². The van der Waals surface area contributed by atoms with E-state index in [1.165, 1.54) is 6.42 Å². The van der Waals surface area contributed by atoms with Crippen LogP contribution in [0.3, 0.4) is 0 Å². The molecule has 3 unspecified atom stereocenters. The molecule has 1 aromatic heterocycles. The molecule has 3 fully saturated rings. The van der Waals surface area contributed by atoms with E-state index >= 15 is 0 Å². The molecule has 4 heterocycles. The molecule has 0 saturated carbocycles. The Hall–Kier alpha value is -2.17. The van der Waals surface area contributed by atoms with Crippen LogP contribution in [0.4, 0.5) is 0 Å². The highest BCUT2D eigenvalue weighted by molar-refractivity contribution is 7.80. The van der Waals surface area contributed by atoms with E-state index < -0.39 is 26.9 Å². The van der Waals surface area contributed by atoms with Gasteiger partial charge in [-0.25, -0.2) is 0 Å². The van der Waals surface area contributed by atoms with Crippen molar-refractivity contribution in [1.29, 1.82) is 0 Å². The summed E-state index contributed by atoms with van der Waals surface area (Å²) in [5.41, 5.74) is 1.85. The monoisotopic (exact) mass is 520 g/mol. The van der Waals surface area contributed by atoms with Crippen LogP contribution in [0, 0.1) is 11.8 Å². The van der Waals surface area contributed by atoms with Gasteiger partial charge in [-0.15, -0.1) is 6.58 Å². The molecule has 34 heavy (non-hydrogen) atoms. The number of hydrogen-bond donors (Lipinski definition) is 5. The summed E-state index contributed by atoms with van der Waals surface area (Å²) in [5.74, 6) is 2.01. The maximum absolute atomic E-state index is 11.2. The first-order chi connectivity index (χ1) is 15.7. The number of nitrogens with zero attached hydrogens (tertiary/aromatic N) is 2. The molecular weight excluding hydrogens is 492 g/mol. The number of pyridine rings is 1. The fraction of sp³-hybridized carbons (Fsp3) is 0.450. The molecule has 0 radical (unpaired) electrons. The lowest BCUT2D eigenvalue weighted by Crippen LogP contribution is -2.54. The maximum Gasteiger partial charge on any atom is 0.394 e. The first-order valence-electron chi connectivity index (χ1n) is 10.1. The second-order valence-corrected chi connectivity index (χ2v) is 9.66. The minimum Gasteiger partial charge on any atom is -0.497 e. The smallest absolute Gasteiger partial charge is 0.394 e. The molecule has 5 atom stereocenters. The molecule has 2 bridgehead atoms. The van der Waals surface area contributed by atoms with E-state index in [0.717, 1.165) is 41.7 Å². The van der Waals surface area contributed by atoms with Gasteiger partial charge < -0.3 is 9.84 Å². The van der Waals surface area contributed by atoms with Crippen LogP contribution < -0.4 is 4.74 Å². The van der Waals surface area contributed by atoms with Gasteiger partial charge in [0.05, 0.1) is 18.7 Å². The zero-order chi connectivity index (χ0) is 25.7. The highest BCUT2D eigenvalue weighted by Gasteiger charge is 2.42. The van der Waals surface area contributed by atoms with Gasteiger partial charge in [-0.2, -0.15) is 16.8 Å². The normalized spacial score (nSPS) is 24.8. The van der Waals surface area contributed by atoms with Crippen LogP contribution in [-0.4, -0.2) is 76.3 Å². The second kappa shape index (κ2) is 11.5. The average molecular weight is 521 g/mol. The Bertz CT molecular complexity index is 1160. The van der Waals surface area contributed by atoms with E-state index in [-0.39, 0.29) is 6.04 Å². The maximum atomic E-state index is 11.2. The van der Waals surface area contributed by atoms with E-state index in [0.29, 0.717) is 11.8 Å². The van der Waals surface area contributed by atoms with E-state index in [1.54, 1.807) is 13.3 Å². The summed E-state index contributed by atoms with van der Waals surface area (Å²) in [5, 5.41) is 12.1. The SMILES string of the molecule is C=C[C@@H]1CN2CCC1C[C@@H]2C(O)c1ccnc2ccc(OC)cc12.O=S(=O)(O)O.O=S(=O)(O)O. The first-order valence-corrected chi connectivity index (χ1v) is 12.9. The number of ether oxygens (including phenoxy) is 1. The molecular formula is C20H28N2O10S2. The summed E-state index contributed by atoms with van der Waals surface area (Å²) in [7, 11) is -7.67. The van der Waals surface area contributed by atoms with Gasteiger partial charge in [-0.3, -0.25) is 28.1 Å². The van der Waals surface area contributed by atoms with Crippen LogP contribution in [0.15, 0.2) is 43.1 Å². The van der Waals surface area contributed by atoms with Crippen molar-refractivity contribution < 1.29 is 44.9 Å². The third-order valence-electron chi connectivity index (χ3n) is 5.82. The lowest BCUT2D eigenvalue weighted by Gasteiger charge is -2.50. The van der Waals surface area contributed by atoms with Gasteiger partial charge in [-0.1, -0.05) is 6.08 Å². The largest absolute Gasteiger partial charge is 0.497 e. The van der Waals surface area contributed by atoms with E-state index in [9.17, 15) is 5.11 Å². The number of aromatic nitrogens is 1. The predicted octanol–water partition coefficient (Wildman–Crippen LogP) is 1.87. The molecule has 5 N–H and O–H groups in total. The molecule has 3 saturated heterocycles. The second-order valence-electron chi connectivity index (χ2n) is 7.87. The Kier molecular flexibility index (Phi) is 9.50. The van der Waals surface area contributed by atoms with Gasteiger partial charge in [-0.05, 0) is 61.1 Å². The van der Waals surface area contributed by atoms with Gasteiger partial charge >= 0.3 is 20.8 Å². The summed E-state index contributed by atoms with van der Waals surface area (Å²) in [6, 6.07) is 7.96. The zero-order valence-corrected chi connectivity index (χ0v) is 19.9. The summed E-state index contributed by atoms with van der Waals surface area (Å²) < 4.78 is 68.5. The number of benzene rings is 1. The van der Waals surface area contributed by atoms with E-state index in [4.69, 9.17) is 39.8 Å². The van der Waals surface area contributed by atoms with Crippen molar-refractivity contribution in [2.45, 2.75) is 25.0 Å². The number of rotatable bonds is 4. The third-order valence-corrected chi connectivity index (χ3v) is 5.82. The van der Waals surface area contributed by atoms with Crippen LogP contribution in [0.5, 0.6) is 5.75 Å². The first kappa shape index (κ1) is 28.1. The summed E-state index contributed by atoms with van der Waals surface area (Å²) in [6.07, 6.45) is 5.62. The van der Waals surface area contributed by atoms with Crippen molar-refractivity contribution >= 4 is 31.7 Å². The third kappa shape index (κ3) is 8.56. The molecule has 2 aromatic rings. The predicted molar refractivity (Wildman–Crippen MR) is 123 cm³/mol. The minimum absolute atomic E-state index is 0.178. The van der Waals surface area contributed by atoms with Gasteiger partial charge in [0, 0.05) is 24.2 Å². The van der Waals surface area contributed by atoms with Crippen LogP contribution in [0.25, 0.3) is 10.9 Å². The van der Waals surface area contributed by atoms with Crippen LogP contribution in [0.1, 0.15) is 24.5 Å². The molecule has 3 aliphatic rings. The van der Waals surface area contributed by atoms with Crippen molar-refractivity contribution in [2.24, 2.45) is 11.8 Å². The quantitative estimate of drug-likeness (QED) is 0.290. The van der Waals surface area contributed by atoms with E-state index in [2.05, 4.69) is 22.5 Å². The number of aliphatic hydroxyl groups excluding tert-OH is 1. The number of aliphatic hydroxyl groups is 1. The fourth-order valence-corrected chi connectivity index (χ4v) is 4.44. The number of fused-ring (bicyclic) bond motifs is 4.